The maximum absolute atomic E-state index is 10.8. The van der Waals surface area contributed by atoms with E-state index in [2.05, 4.69) is 9.72 Å². The summed E-state index contributed by atoms with van der Waals surface area (Å²) in [5, 5.41) is 0. The number of carbonyl (C=O) groups excluding carboxylic acids is 2. The molecule has 0 aliphatic carbocycles. The van der Waals surface area contributed by atoms with Gasteiger partial charge in [0.1, 0.15) is 5.69 Å². The molecular weight excluding hydrogens is 194 g/mol. The Morgan fingerprint density at radius 2 is 2.33 bits per heavy atom. The van der Waals surface area contributed by atoms with Crippen LogP contribution < -0.4 is 0 Å². The average molecular weight is 207 g/mol. The molecule has 1 heterocycles. The van der Waals surface area contributed by atoms with Gasteiger partial charge in [-0.05, 0) is 24.5 Å². The number of carbonyl (C=O) groups is 2. The average Bonchev–Trinajstić information content (AvgIpc) is 2.29. The summed E-state index contributed by atoms with van der Waals surface area (Å²) in [6, 6.07) is 3.51. The smallest absolute Gasteiger partial charge is 0.305 e. The van der Waals surface area contributed by atoms with Crippen LogP contribution in [-0.4, -0.2) is 24.3 Å². The standard InChI is InChI=1S/C11H13NO3/c1-15-11(14)4-2-3-9-5-6-10(8-13)12-7-9/h5-8H,2-4H2,1H3. The topological polar surface area (TPSA) is 56.3 Å². The minimum Gasteiger partial charge on any atom is -0.469 e. The molecule has 15 heavy (non-hydrogen) atoms. The van der Waals surface area contributed by atoms with Gasteiger partial charge in [-0.3, -0.25) is 14.6 Å². The Kier molecular flexibility index (Phi) is 4.47. The van der Waals surface area contributed by atoms with Gasteiger partial charge in [-0.2, -0.15) is 0 Å². The van der Waals surface area contributed by atoms with Gasteiger partial charge in [0, 0.05) is 12.6 Å². The van der Waals surface area contributed by atoms with E-state index in [4.69, 9.17) is 0 Å². The number of nitrogens with zero attached hydrogens (tertiary/aromatic N) is 1. The number of aromatic nitrogens is 1. The molecule has 0 N–H and O–H groups in total. The van der Waals surface area contributed by atoms with Gasteiger partial charge in [0.15, 0.2) is 6.29 Å². The lowest BCUT2D eigenvalue weighted by Crippen LogP contribution is -2.00. The van der Waals surface area contributed by atoms with Crippen molar-refractivity contribution in [2.45, 2.75) is 19.3 Å². The van der Waals surface area contributed by atoms with E-state index in [-0.39, 0.29) is 5.97 Å². The molecule has 0 aromatic carbocycles. The summed E-state index contributed by atoms with van der Waals surface area (Å²) in [7, 11) is 1.38. The third kappa shape index (κ3) is 3.89. The third-order valence-corrected chi connectivity index (χ3v) is 2.04. The molecule has 0 saturated carbocycles. The molecule has 1 aromatic rings. The maximum atomic E-state index is 10.8. The molecule has 1 rings (SSSR count). The molecule has 4 heteroatoms. The summed E-state index contributed by atoms with van der Waals surface area (Å²) in [6.45, 7) is 0. The largest absolute Gasteiger partial charge is 0.469 e. The Morgan fingerprint density at radius 3 is 2.87 bits per heavy atom. The summed E-state index contributed by atoms with van der Waals surface area (Å²) in [4.78, 5) is 25.1. The quantitative estimate of drug-likeness (QED) is 0.540. The summed E-state index contributed by atoms with van der Waals surface area (Å²) in [5.41, 5.74) is 1.44. The first-order valence-electron chi connectivity index (χ1n) is 4.73. The van der Waals surface area contributed by atoms with E-state index in [1.54, 1.807) is 12.3 Å². The lowest BCUT2D eigenvalue weighted by molar-refractivity contribution is -0.140. The van der Waals surface area contributed by atoms with Crippen molar-refractivity contribution >= 4 is 12.3 Å². The van der Waals surface area contributed by atoms with E-state index in [1.807, 2.05) is 6.07 Å². The second kappa shape index (κ2) is 5.90. The van der Waals surface area contributed by atoms with Crippen LogP contribution in [0.2, 0.25) is 0 Å². The Morgan fingerprint density at radius 1 is 1.53 bits per heavy atom. The molecule has 0 saturated heterocycles. The number of rotatable bonds is 5. The van der Waals surface area contributed by atoms with Crippen molar-refractivity contribution in [1.82, 2.24) is 4.98 Å². The van der Waals surface area contributed by atoms with E-state index in [9.17, 15) is 9.59 Å². The summed E-state index contributed by atoms with van der Waals surface area (Å²) < 4.78 is 4.52. The van der Waals surface area contributed by atoms with Gasteiger partial charge in [-0.25, -0.2) is 0 Å². The number of ether oxygens (including phenoxy) is 1. The van der Waals surface area contributed by atoms with Gasteiger partial charge < -0.3 is 4.74 Å². The highest BCUT2D eigenvalue weighted by atomic mass is 16.5. The summed E-state index contributed by atoms with van der Waals surface area (Å²) >= 11 is 0. The lowest BCUT2D eigenvalue weighted by Gasteiger charge is -2.00. The normalized spacial score (nSPS) is 9.67. The Hall–Kier alpha value is -1.71. The molecule has 0 fully saturated rings. The Balaban J connectivity index is 2.37. The zero-order valence-electron chi connectivity index (χ0n) is 8.60. The van der Waals surface area contributed by atoms with Crippen LogP contribution in [0.5, 0.6) is 0 Å². The van der Waals surface area contributed by atoms with Crippen molar-refractivity contribution in [3.63, 3.8) is 0 Å². The van der Waals surface area contributed by atoms with Crippen molar-refractivity contribution in [2.75, 3.05) is 7.11 Å². The van der Waals surface area contributed by atoms with Gasteiger partial charge in [-0.1, -0.05) is 6.07 Å². The van der Waals surface area contributed by atoms with Crippen LogP contribution in [0.15, 0.2) is 18.3 Å². The van der Waals surface area contributed by atoms with Crippen LogP contribution in [0, 0.1) is 0 Å². The van der Waals surface area contributed by atoms with Gasteiger partial charge >= 0.3 is 5.97 Å². The van der Waals surface area contributed by atoms with Crippen molar-refractivity contribution in [1.29, 1.82) is 0 Å². The first kappa shape index (κ1) is 11.4. The number of hydrogen-bond acceptors (Lipinski definition) is 4. The molecule has 80 valence electrons. The van der Waals surface area contributed by atoms with Crippen LogP contribution in [0.4, 0.5) is 0 Å². The number of aldehydes is 1. The van der Waals surface area contributed by atoms with Crippen LogP contribution in [0.3, 0.4) is 0 Å². The van der Waals surface area contributed by atoms with Crippen molar-refractivity contribution < 1.29 is 14.3 Å². The van der Waals surface area contributed by atoms with E-state index >= 15 is 0 Å². The Bertz CT molecular complexity index is 332. The molecule has 0 atom stereocenters. The lowest BCUT2D eigenvalue weighted by atomic mass is 10.1. The van der Waals surface area contributed by atoms with Crippen LogP contribution >= 0.6 is 0 Å². The molecule has 0 bridgehead atoms. The molecule has 0 unspecified atom stereocenters. The zero-order chi connectivity index (χ0) is 11.1. The van der Waals surface area contributed by atoms with Crippen LogP contribution in [0.1, 0.15) is 28.9 Å². The fourth-order valence-corrected chi connectivity index (χ4v) is 1.19. The minimum atomic E-state index is -0.201. The molecule has 0 aliphatic rings. The summed E-state index contributed by atoms with van der Waals surface area (Å²) in [5.74, 6) is -0.201. The van der Waals surface area contributed by atoms with Crippen LogP contribution in [-0.2, 0) is 16.0 Å². The first-order chi connectivity index (χ1) is 7.26. The molecule has 4 nitrogen and oxygen atoms in total. The maximum Gasteiger partial charge on any atom is 0.305 e. The molecule has 0 aliphatic heterocycles. The molecule has 0 spiro atoms. The highest BCUT2D eigenvalue weighted by molar-refractivity contribution is 5.71. The Labute approximate surface area is 88.3 Å². The van der Waals surface area contributed by atoms with Crippen molar-refractivity contribution in [2.24, 2.45) is 0 Å². The van der Waals surface area contributed by atoms with Gasteiger partial charge in [0.05, 0.1) is 7.11 Å². The number of aryl methyl sites for hydroxylation is 1. The number of pyridine rings is 1. The predicted molar refractivity (Wildman–Crippen MR) is 54.6 cm³/mol. The second-order valence-corrected chi connectivity index (χ2v) is 3.14. The van der Waals surface area contributed by atoms with E-state index in [0.717, 1.165) is 18.4 Å². The third-order valence-electron chi connectivity index (χ3n) is 2.04. The van der Waals surface area contributed by atoms with E-state index in [1.165, 1.54) is 7.11 Å². The van der Waals surface area contributed by atoms with Crippen molar-refractivity contribution in [3.05, 3.63) is 29.6 Å². The van der Waals surface area contributed by atoms with Gasteiger partial charge in [-0.15, -0.1) is 0 Å². The molecule has 0 amide bonds. The van der Waals surface area contributed by atoms with E-state index < -0.39 is 0 Å². The number of methoxy groups -OCH3 is 1. The first-order valence-corrected chi connectivity index (χ1v) is 4.73. The van der Waals surface area contributed by atoms with Crippen molar-refractivity contribution in [3.8, 4) is 0 Å². The zero-order valence-corrected chi connectivity index (χ0v) is 8.60. The van der Waals surface area contributed by atoms with Gasteiger partial charge in [0.2, 0.25) is 0 Å². The molecule has 1 aromatic heterocycles. The fraction of sp³-hybridized carbons (Fsp3) is 0.364. The fourth-order valence-electron chi connectivity index (χ4n) is 1.19. The monoisotopic (exact) mass is 207 g/mol. The predicted octanol–water partition coefficient (Wildman–Crippen LogP) is 1.39. The second-order valence-electron chi connectivity index (χ2n) is 3.14. The number of esters is 1. The highest BCUT2D eigenvalue weighted by Gasteiger charge is 2.00. The minimum absolute atomic E-state index is 0.201. The van der Waals surface area contributed by atoms with E-state index in [0.29, 0.717) is 18.4 Å². The van der Waals surface area contributed by atoms with Crippen LogP contribution in [0.25, 0.3) is 0 Å². The molecule has 0 radical (unpaired) electrons. The summed E-state index contributed by atoms with van der Waals surface area (Å²) in [6.07, 6.45) is 4.27. The SMILES string of the molecule is COC(=O)CCCc1ccc(C=O)nc1. The van der Waals surface area contributed by atoms with Gasteiger partial charge in [0.25, 0.3) is 0 Å². The molecular formula is C11H13NO3. The highest BCUT2D eigenvalue weighted by Crippen LogP contribution is 2.04. The number of hydrogen-bond donors (Lipinski definition) is 0.